The Balaban J connectivity index is 2.00. The van der Waals surface area contributed by atoms with Gasteiger partial charge in [-0.05, 0) is 48.6 Å². The molecule has 0 spiro atoms. The van der Waals surface area contributed by atoms with Gasteiger partial charge >= 0.3 is 5.63 Å². The van der Waals surface area contributed by atoms with E-state index in [0.29, 0.717) is 11.1 Å². The van der Waals surface area contributed by atoms with Crippen molar-refractivity contribution in [2.45, 2.75) is 13.8 Å². The summed E-state index contributed by atoms with van der Waals surface area (Å²) in [5, 5.41) is 14.0. The Hall–Kier alpha value is -3.48. The van der Waals surface area contributed by atoms with Gasteiger partial charge in [0, 0.05) is 17.8 Å². The second-order valence-corrected chi connectivity index (χ2v) is 5.70. The first-order valence-electron chi connectivity index (χ1n) is 7.46. The second kappa shape index (κ2) is 6.20. The van der Waals surface area contributed by atoms with Crippen molar-refractivity contribution < 1.29 is 14.1 Å². The van der Waals surface area contributed by atoms with E-state index in [1.807, 2.05) is 32.0 Å². The molecule has 0 aliphatic rings. The summed E-state index contributed by atoms with van der Waals surface area (Å²) in [5.74, 6) is -0.724. The van der Waals surface area contributed by atoms with Crippen LogP contribution in [0.25, 0.3) is 10.8 Å². The molecule has 0 saturated carbocycles. The van der Waals surface area contributed by atoms with E-state index < -0.39 is 16.5 Å². The van der Waals surface area contributed by atoms with Crippen LogP contribution in [0.4, 0.5) is 11.4 Å². The predicted octanol–water partition coefficient (Wildman–Crippen LogP) is 3.57. The van der Waals surface area contributed by atoms with E-state index in [-0.39, 0.29) is 16.8 Å². The average molecular weight is 338 g/mol. The van der Waals surface area contributed by atoms with E-state index in [2.05, 4.69) is 5.32 Å². The molecule has 0 fully saturated rings. The molecule has 1 amide bonds. The van der Waals surface area contributed by atoms with Crippen molar-refractivity contribution in [2.75, 3.05) is 5.32 Å². The van der Waals surface area contributed by atoms with Crippen LogP contribution in [-0.2, 0) is 0 Å². The zero-order chi connectivity index (χ0) is 18.1. The highest BCUT2D eigenvalue weighted by Crippen LogP contribution is 2.21. The van der Waals surface area contributed by atoms with Crippen LogP contribution < -0.4 is 10.9 Å². The number of benzene rings is 2. The fraction of sp³-hybridized carbons (Fsp3) is 0.111. The van der Waals surface area contributed by atoms with Gasteiger partial charge in [-0.2, -0.15) is 0 Å². The number of nitrogens with zero attached hydrogens (tertiary/aromatic N) is 1. The number of hydrogen-bond acceptors (Lipinski definition) is 5. The van der Waals surface area contributed by atoms with E-state index >= 15 is 0 Å². The SMILES string of the molecule is Cc1ccc(C)c(NC(=O)c2cc3ccc([N+](=O)[O-])cc3c(=O)o2)c1. The number of fused-ring (bicyclic) bond motifs is 1. The third-order valence-electron chi connectivity index (χ3n) is 3.82. The summed E-state index contributed by atoms with van der Waals surface area (Å²) in [6.07, 6.45) is 0. The fourth-order valence-corrected chi connectivity index (χ4v) is 2.45. The minimum Gasteiger partial charge on any atom is -0.417 e. The van der Waals surface area contributed by atoms with Gasteiger partial charge in [0.1, 0.15) is 0 Å². The van der Waals surface area contributed by atoms with Crippen molar-refractivity contribution >= 4 is 28.1 Å². The summed E-state index contributed by atoms with van der Waals surface area (Å²) in [6, 6.07) is 10.8. The maximum atomic E-state index is 12.4. The Morgan fingerprint density at radius 1 is 1.12 bits per heavy atom. The molecule has 0 saturated heterocycles. The molecule has 0 aliphatic heterocycles. The summed E-state index contributed by atoms with van der Waals surface area (Å²) in [5.41, 5.74) is 1.46. The third-order valence-corrected chi connectivity index (χ3v) is 3.82. The number of anilines is 1. The van der Waals surface area contributed by atoms with Crippen LogP contribution in [0, 0.1) is 24.0 Å². The molecule has 0 radical (unpaired) electrons. The molecule has 126 valence electrons. The van der Waals surface area contributed by atoms with Crippen molar-refractivity contribution in [2.24, 2.45) is 0 Å². The molecular weight excluding hydrogens is 324 g/mol. The monoisotopic (exact) mass is 338 g/mol. The molecule has 2 aromatic carbocycles. The normalized spacial score (nSPS) is 10.6. The zero-order valence-electron chi connectivity index (χ0n) is 13.5. The van der Waals surface area contributed by atoms with Crippen molar-refractivity contribution in [1.82, 2.24) is 0 Å². The third kappa shape index (κ3) is 3.25. The van der Waals surface area contributed by atoms with Gasteiger partial charge in [0.25, 0.3) is 11.6 Å². The molecule has 25 heavy (non-hydrogen) atoms. The molecule has 7 heteroatoms. The van der Waals surface area contributed by atoms with E-state index in [1.54, 1.807) is 0 Å². The molecule has 0 unspecified atom stereocenters. The van der Waals surface area contributed by atoms with Crippen LogP contribution in [0.2, 0.25) is 0 Å². The highest BCUT2D eigenvalue weighted by Gasteiger charge is 2.15. The highest BCUT2D eigenvalue weighted by molar-refractivity contribution is 6.04. The Labute approximate surface area is 142 Å². The Kier molecular flexibility index (Phi) is 4.06. The number of aryl methyl sites for hydroxylation is 2. The standard InChI is InChI=1S/C18H14N2O5/c1-10-3-4-11(2)15(7-10)19-17(21)16-8-12-5-6-13(20(23)24)9-14(12)18(22)25-16/h3-9H,1-2H3,(H,19,21). The van der Waals surface area contributed by atoms with Gasteiger partial charge in [-0.15, -0.1) is 0 Å². The zero-order valence-corrected chi connectivity index (χ0v) is 13.5. The topological polar surface area (TPSA) is 102 Å². The first kappa shape index (κ1) is 16.4. The van der Waals surface area contributed by atoms with E-state index in [0.717, 1.165) is 17.2 Å². The number of hydrogen-bond donors (Lipinski definition) is 1. The van der Waals surface area contributed by atoms with Gasteiger partial charge in [-0.25, -0.2) is 4.79 Å². The molecule has 1 heterocycles. The summed E-state index contributed by atoms with van der Waals surface area (Å²) in [7, 11) is 0. The molecule has 3 aromatic rings. The lowest BCUT2D eigenvalue weighted by Crippen LogP contribution is -2.15. The minimum atomic E-state index is -0.799. The molecule has 1 aromatic heterocycles. The smallest absolute Gasteiger partial charge is 0.344 e. The van der Waals surface area contributed by atoms with E-state index in [9.17, 15) is 19.7 Å². The van der Waals surface area contributed by atoms with Crippen LogP contribution in [0.1, 0.15) is 21.7 Å². The average Bonchev–Trinajstić information content (AvgIpc) is 2.57. The van der Waals surface area contributed by atoms with Crippen LogP contribution in [0.5, 0.6) is 0 Å². The van der Waals surface area contributed by atoms with Crippen LogP contribution in [0.3, 0.4) is 0 Å². The number of carbonyl (C=O) groups is 1. The molecule has 0 bridgehead atoms. The summed E-state index contributed by atoms with van der Waals surface area (Å²) in [4.78, 5) is 34.7. The van der Waals surface area contributed by atoms with Gasteiger partial charge < -0.3 is 9.73 Å². The maximum Gasteiger partial charge on any atom is 0.344 e. The van der Waals surface area contributed by atoms with Gasteiger partial charge in [0.15, 0.2) is 5.76 Å². The van der Waals surface area contributed by atoms with Crippen molar-refractivity contribution in [1.29, 1.82) is 0 Å². The van der Waals surface area contributed by atoms with Gasteiger partial charge in [0.05, 0.1) is 10.3 Å². The first-order valence-corrected chi connectivity index (χ1v) is 7.46. The van der Waals surface area contributed by atoms with Gasteiger partial charge in [-0.3, -0.25) is 14.9 Å². The molecule has 1 N–H and O–H groups in total. The second-order valence-electron chi connectivity index (χ2n) is 5.70. The summed E-state index contributed by atoms with van der Waals surface area (Å²) in [6.45, 7) is 3.75. The predicted molar refractivity (Wildman–Crippen MR) is 93.0 cm³/mol. The lowest BCUT2D eigenvalue weighted by atomic mass is 10.1. The number of non-ortho nitro benzene ring substituents is 1. The number of nitro benzene ring substituents is 1. The minimum absolute atomic E-state index is 0.0532. The van der Waals surface area contributed by atoms with E-state index in [1.165, 1.54) is 18.2 Å². The lowest BCUT2D eigenvalue weighted by Gasteiger charge is -2.09. The molecule has 3 rings (SSSR count). The first-order chi connectivity index (χ1) is 11.8. The Morgan fingerprint density at radius 2 is 1.88 bits per heavy atom. The van der Waals surface area contributed by atoms with Crippen LogP contribution in [0.15, 0.2) is 51.7 Å². The quantitative estimate of drug-likeness (QED) is 0.581. The van der Waals surface area contributed by atoms with Crippen molar-refractivity contribution in [3.05, 3.63) is 79.9 Å². The number of nitrogens with one attached hydrogen (secondary N) is 1. The number of rotatable bonds is 3. The van der Waals surface area contributed by atoms with Crippen LogP contribution in [-0.4, -0.2) is 10.8 Å². The van der Waals surface area contributed by atoms with E-state index in [4.69, 9.17) is 4.42 Å². The van der Waals surface area contributed by atoms with Crippen LogP contribution >= 0.6 is 0 Å². The fourth-order valence-electron chi connectivity index (χ4n) is 2.45. The van der Waals surface area contributed by atoms with Crippen molar-refractivity contribution in [3.63, 3.8) is 0 Å². The number of carbonyl (C=O) groups excluding carboxylic acids is 1. The highest BCUT2D eigenvalue weighted by atomic mass is 16.6. The molecular formula is C18H14N2O5. The molecule has 7 nitrogen and oxygen atoms in total. The maximum absolute atomic E-state index is 12.4. The molecule has 0 atom stereocenters. The summed E-state index contributed by atoms with van der Waals surface area (Å²) >= 11 is 0. The van der Waals surface area contributed by atoms with Crippen molar-refractivity contribution in [3.8, 4) is 0 Å². The van der Waals surface area contributed by atoms with Gasteiger partial charge in [0.2, 0.25) is 0 Å². The summed E-state index contributed by atoms with van der Waals surface area (Å²) < 4.78 is 5.04. The van der Waals surface area contributed by atoms with Gasteiger partial charge in [-0.1, -0.05) is 12.1 Å². The Bertz CT molecular complexity index is 1070. The lowest BCUT2D eigenvalue weighted by molar-refractivity contribution is -0.384. The largest absolute Gasteiger partial charge is 0.417 e. The number of nitro groups is 1. The Morgan fingerprint density at radius 3 is 2.60 bits per heavy atom. The number of amides is 1. The molecule has 0 aliphatic carbocycles.